The molecule has 1 aromatic carbocycles. The van der Waals surface area contributed by atoms with Gasteiger partial charge in [0.25, 0.3) is 0 Å². The van der Waals surface area contributed by atoms with Gasteiger partial charge in [0.05, 0.1) is 6.10 Å². The maximum atomic E-state index is 13.7. The summed E-state index contributed by atoms with van der Waals surface area (Å²) in [5.41, 5.74) is 3.44. The van der Waals surface area contributed by atoms with E-state index in [9.17, 15) is 9.90 Å². The second-order valence-corrected chi connectivity index (χ2v) is 10.7. The van der Waals surface area contributed by atoms with Gasteiger partial charge in [0.1, 0.15) is 12.1 Å². The Bertz CT molecular complexity index is 1020. The number of halogens is 1. The fourth-order valence-electron chi connectivity index (χ4n) is 5.75. The van der Waals surface area contributed by atoms with E-state index >= 15 is 0 Å². The highest BCUT2D eigenvalue weighted by Crippen LogP contribution is 2.37. The van der Waals surface area contributed by atoms with E-state index in [0.29, 0.717) is 30.6 Å². The third-order valence-electron chi connectivity index (χ3n) is 7.93. The van der Waals surface area contributed by atoms with E-state index in [1.807, 2.05) is 29.2 Å². The zero-order chi connectivity index (χ0) is 24.4. The smallest absolute Gasteiger partial charge is 0.228 e. The predicted molar refractivity (Wildman–Crippen MR) is 138 cm³/mol. The molecule has 1 amide bonds. The van der Waals surface area contributed by atoms with Crippen molar-refractivity contribution >= 4 is 23.3 Å². The van der Waals surface area contributed by atoms with E-state index in [-0.39, 0.29) is 24.0 Å². The van der Waals surface area contributed by atoms with Gasteiger partial charge in [-0.3, -0.25) is 4.79 Å². The molecular weight excluding hydrogens is 462 g/mol. The van der Waals surface area contributed by atoms with Crippen LogP contribution in [0.1, 0.15) is 67.7 Å². The predicted octanol–water partition coefficient (Wildman–Crippen LogP) is 4.29. The molecule has 8 heteroatoms. The standard InChI is InChI=1S/C27H35ClN5O2/c1-18-2-11-24-25(18)26(31-17-30-24)32-12-14-33(15-13-32)27(35)23(19-3-5-20(28)6-4-19)16-29-21-7-9-22(34)10-8-21/h3-6,17-18,21-23,34H,2,7-16H2,1H3/q-1/t18-,21?,22?,23-/m1/s1. The van der Waals surface area contributed by atoms with Crippen molar-refractivity contribution in [1.29, 1.82) is 0 Å². The van der Waals surface area contributed by atoms with Gasteiger partial charge < -0.3 is 20.2 Å². The van der Waals surface area contributed by atoms with Gasteiger partial charge in [-0.1, -0.05) is 43.5 Å². The molecule has 2 fully saturated rings. The number of piperazine rings is 1. The number of carbonyl (C=O) groups is 1. The summed E-state index contributed by atoms with van der Waals surface area (Å²) in [7, 11) is 0. The summed E-state index contributed by atoms with van der Waals surface area (Å²) >= 11 is 6.12. The molecule has 5 rings (SSSR count). The monoisotopic (exact) mass is 496 g/mol. The SMILES string of the molecule is C[C@@H]1CCc2ncnc(N3CCN(C(=O)[C@H](C[N-]C4CCC(O)CC4)c4ccc(Cl)cc4)CC3)c21. The molecule has 3 aliphatic rings. The highest BCUT2D eigenvalue weighted by atomic mass is 35.5. The summed E-state index contributed by atoms with van der Waals surface area (Å²) in [6.07, 6.45) is 7.01. The number of benzene rings is 1. The third-order valence-corrected chi connectivity index (χ3v) is 8.18. The number of aromatic nitrogens is 2. The van der Waals surface area contributed by atoms with Gasteiger partial charge in [-0.15, -0.1) is 12.6 Å². The Balaban J connectivity index is 1.26. The second-order valence-electron chi connectivity index (χ2n) is 10.2. The number of aryl methyl sites for hydroxylation is 1. The van der Waals surface area contributed by atoms with Crippen LogP contribution in [0.5, 0.6) is 0 Å². The van der Waals surface area contributed by atoms with Gasteiger partial charge in [-0.2, -0.15) is 0 Å². The molecule has 1 saturated carbocycles. The van der Waals surface area contributed by atoms with Gasteiger partial charge in [0.2, 0.25) is 5.91 Å². The molecule has 2 aromatic rings. The molecule has 1 aliphatic heterocycles. The van der Waals surface area contributed by atoms with Gasteiger partial charge in [-0.05, 0) is 49.3 Å². The molecule has 1 aromatic heterocycles. The van der Waals surface area contributed by atoms with Crippen molar-refractivity contribution in [3.8, 4) is 0 Å². The number of aliphatic hydroxyl groups is 1. The Morgan fingerprint density at radius 3 is 2.51 bits per heavy atom. The van der Waals surface area contributed by atoms with Crippen molar-refractivity contribution in [1.82, 2.24) is 14.9 Å². The zero-order valence-corrected chi connectivity index (χ0v) is 21.2. The molecular formula is C27H35ClN5O2-. The summed E-state index contributed by atoms with van der Waals surface area (Å²) in [6, 6.07) is 7.82. The first kappa shape index (κ1) is 24.5. The van der Waals surface area contributed by atoms with E-state index in [0.717, 1.165) is 63.0 Å². The molecule has 7 nitrogen and oxygen atoms in total. The number of amides is 1. The van der Waals surface area contributed by atoms with Crippen LogP contribution in [0.15, 0.2) is 30.6 Å². The van der Waals surface area contributed by atoms with E-state index < -0.39 is 0 Å². The molecule has 2 atom stereocenters. The van der Waals surface area contributed by atoms with E-state index in [2.05, 4.69) is 21.8 Å². The fourth-order valence-corrected chi connectivity index (χ4v) is 5.88. The summed E-state index contributed by atoms with van der Waals surface area (Å²) in [6.45, 7) is 5.61. The molecule has 1 N–H and O–H groups in total. The normalized spacial score (nSPS) is 25.4. The van der Waals surface area contributed by atoms with Crippen LogP contribution in [-0.2, 0) is 11.2 Å². The van der Waals surface area contributed by atoms with Crippen molar-refractivity contribution < 1.29 is 9.90 Å². The lowest BCUT2D eigenvalue weighted by atomic mass is 9.91. The average molecular weight is 497 g/mol. The van der Waals surface area contributed by atoms with Crippen molar-refractivity contribution in [2.24, 2.45) is 0 Å². The van der Waals surface area contributed by atoms with Gasteiger partial charge in [0.15, 0.2) is 0 Å². The Labute approximate surface area is 212 Å². The van der Waals surface area contributed by atoms with Crippen molar-refractivity contribution in [3.05, 3.63) is 57.8 Å². The molecule has 1 saturated heterocycles. The minimum absolute atomic E-state index is 0.132. The first-order chi connectivity index (χ1) is 17.0. The van der Waals surface area contributed by atoms with E-state index in [1.165, 1.54) is 11.3 Å². The number of anilines is 1. The molecule has 188 valence electrons. The van der Waals surface area contributed by atoms with Gasteiger partial charge in [0, 0.05) is 48.4 Å². The topological polar surface area (TPSA) is 83.7 Å². The molecule has 0 unspecified atom stereocenters. The highest BCUT2D eigenvalue weighted by Gasteiger charge is 2.31. The zero-order valence-electron chi connectivity index (χ0n) is 20.4. The number of fused-ring (bicyclic) bond motifs is 1. The van der Waals surface area contributed by atoms with Gasteiger partial charge >= 0.3 is 0 Å². The molecule has 35 heavy (non-hydrogen) atoms. The maximum Gasteiger partial charge on any atom is 0.228 e. The van der Waals surface area contributed by atoms with Crippen LogP contribution in [0.2, 0.25) is 5.02 Å². The van der Waals surface area contributed by atoms with Crippen LogP contribution in [0.3, 0.4) is 0 Å². The minimum Gasteiger partial charge on any atom is -0.659 e. The summed E-state index contributed by atoms with van der Waals surface area (Å²) in [4.78, 5) is 27.2. The fraction of sp³-hybridized carbons (Fsp3) is 0.593. The van der Waals surface area contributed by atoms with Crippen LogP contribution in [0.4, 0.5) is 5.82 Å². The minimum atomic E-state index is -0.311. The van der Waals surface area contributed by atoms with Crippen LogP contribution < -0.4 is 4.90 Å². The Kier molecular flexibility index (Phi) is 7.56. The van der Waals surface area contributed by atoms with Crippen molar-refractivity contribution in [2.75, 3.05) is 37.6 Å². The molecule has 0 spiro atoms. The summed E-state index contributed by atoms with van der Waals surface area (Å²) in [5.74, 6) is 1.36. The Morgan fingerprint density at radius 1 is 1.09 bits per heavy atom. The number of aliphatic hydroxyl groups excluding tert-OH is 1. The lowest BCUT2D eigenvalue weighted by molar-refractivity contribution is -0.132. The largest absolute Gasteiger partial charge is 0.659 e. The van der Waals surface area contributed by atoms with Crippen LogP contribution in [0, 0.1) is 0 Å². The number of carbonyl (C=O) groups excluding carboxylic acids is 1. The van der Waals surface area contributed by atoms with E-state index in [1.54, 1.807) is 6.33 Å². The number of nitrogens with zero attached hydrogens (tertiary/aromatic N) is 5. The molecule has 2 aliphatic carbocycles. The Morgan fingerprint density at radius 2 is 1.80 bits per heavy atom. The first-order valence-corrected chi connectivity index (χ1v) is 13.3. The second kappa shape index (κ2) is 10.8. The molecule has 0 radical (unpaired) electrons. The van der Waals surface area contributed by atoms with Crippen LogP contribution in [0.25, 0.3) is 5.32 Å². The van der Waals surface area contributed by atoms with Crippen LogP contribution in [-0.4, -0.2) is 70.8 Å². The average Bonchev–Trinajstić information content (AvgIpc) is 3.27. The summed E-state index contributed by atoms with van der Waals surface area (Å²) < 4.78 is 0. The van der Waals surface area contributed by atoms with E-state index in [4.69, 9.17) is 16.9 Å². The van der Waals surface area contributed by atoms with Crippen molar-refractivity contribution in [2.45, 2.75) is 69.4 Å². The highest BCUT2D eigenvalue weighted by molar-refractivity contribution is 6.30. The molecule has 0 bridgehead atoms. The molecule has 2 heterocycles. The lowest BCUT2D eigenvalue weighted by Gasteiger charge is -2.41. The van der Waals surface area contributed by atoms with Crippen molar-refractivity contribution in [3.63, 3.8) is 0 Å². The summed E-state index contributed by atoms with van der Waals surface area (Å²) in [5, 5.41) is 15.4. The quantitative estimate of drug-likeness (QED) is 0.645. The number of hydrogen-bond donors (Lipinski definition) is 1. The third kappa shape index (κ3) is 5.47. The lowest BCUT2D eigenvalue weighted by Crippen LogP contribution is -2.51. The van der Waals surface area contributed by atoms with Crippen LogP contribution >= 0.6 is 11.6 Å². The van der Waals surface area contributed by atoms with Gasteiger partial charge in [-0.25, -0.2) is 9.97 Å². The number of rotatable bonds is 6. The number of hydrogen-bond acceptors (Lipinski definition) is 5. The Hall–Kier alpha value is -2.22. The first-order valence-electron chi connectivity index (χ1n) is 13.0. The maximum absolute atomic E-state index is 13.7.